The standard InChI is InChI=1S/C23H20ClN3OS/c1-3-11-27-12-26-23-18(22(27)25)17(14-7-9-15(24)10-8-14)21-19(28-23)16-6-4-5-13(2)20(16)29-21/h4-10,12,17,25H,3,11H2,1-2H3. The van der Waals surface area contributed by atoms with Gasteiger partial charge in [0.1, 0.15) is 11.8 Å². The summed E-state index contributed by atoms with van der Waals surface area (Å²) in [6.07, 6.45) is 2.66. The van der Waals surface area contributed by atoms with E-state index in [-0.39, 0.29) is 5.92 Å². The summed E-state index contributed by atoms with van der Waals surface area (Å²) in [6, 6.07) is 14.2. The zero-order valence-electron chi connectivity index (χ0n) is 16.2. The summed E-state index contributed by atoms with van der Waals surface area (Å²) in [4.78, 5) is 5.72. The second-order valence-corrected chi connectivity index (χ2v) is 8.83. The zero-order valence-corrected chi connectivity index (χ0v) is 17.8. The zero-order chi connectivity index (χ0) is 20.1. The lowest BCUT2D eigenvalue weighted by Gasteiger charge is -2.26. The van der Waals surface area contributed by atoms with Crippen molar-refractivity contribution in [2.75, 3.05) is 0 Å². The molecule has 0 fully saturated rings. The lowest BCUT2D eigenvalue weighted by atomic mass is 9.88. The van der Waals surface area contributed by atoms with Crippen LogP contribution in [-0.2, 0) is 6.54 Å². The fourth-order valence-electron chi connectivity index (χ4n) is 4.01. The molecule has 1 N–H and O–H groups in total. The number of hydrogen-bond donors (Lipinski definition) is 1. The normalized spacial score (nSPS) is 15.1. The van der Waals surface area contributed by atoms with E-state index < -0.39 is 0 Å². The second kappa shape index (κ2) is 7.01. The summed E-state index contributed by atoms with van der Waals surface area (Å²) in [5, 5.41) is 10.7. The monoisotopic (exact) mass is 421 g/mol. The molecule has 1 aliphatic heterocycles. The van der Waals surface area contributed by atoms with E-state index in [1.165, 1.54) is 10.3 Å². The van der Waals surface area contributed by atoms with Crippen LogP contribution in [0.25, 0.3) is 10.1 Å². The number of aromatic nitrogens is 2. The molecule has 4 aromatic rings. The number of nitrogens with zero attached hydrogens (tertiary/aromatic N) is 2. The molecule has 0 bridgehead atoms. The summed E-state index contributed by atoms with van der Waals surface area (Å²) in [5.74, 6) is 1.28. The molecular weight excluding hydrogens is 402 g/mol. The van der Waals surface area contributed by atoms with Gasteiger partial charge in [0.2, 0.25) is 5.88 Å². The van der Waals surface area contributed by atoms with Crippen molar-refractivity contribution in [3.8, 4) is 11.6 Å². The third kappa shape index (κ3) is 2.88. The Kier molecular flexibility index (Phi) is 4.45. The molecule has 29 heavy (non-hydrogen) atoms. The van der Waals surface area contributed by atoms with Crippen LogP contribution < -0.4 is 10.2 Å². The Morgan fingerprint density at radius 3 is 2.76 bits per heavy atom. The largest absolute Gasteiger partial charge is 0.437 e. The number of aryl methyl sites for hydroxylation is 2. The fraction of sp³-hybridized carbons (Fsp3) is 0.217. The van der Waals surface area contributed by atoms with E-state index in [0.29, 0.717) is 16.4 Å². The molecule has 0 saturated carbocycles. The lowest BCUT2D eigenvalue weighted by Crippen LogP contribution is -2.29. The highest BCUT2D eigenvalue weighted by Gasteiger charge is 2.35. The van der Waals surface area contributed by atoms with Crippen molar-refractivity contribution < 1.29 is 4.74 Å². The van der Waals surface area contributed by atoms with E-state index in [0.717, 1.165) is 40.1 Å². The Hall–Kier alpha value is -2.63. The summed E-state index contributed by atoms with van der Waals surface area (Å²) in [5.41, 5.74) is 3.59. The first-order chi connectivity index (χ1) is 14.1. The average Bonchev–Trinajstić information content (AvgIpc) is 3.09. The average molecular weight is 422 g/mol. The maximum absolute atomic E-state index is 8.89. The van der Waals surface area contributed by atoms with E-state index in [2.05, 4.69) is 37.0 Å². The van der Waals surface area contributed by atoms with Gasteiger partial charge in [-0.1, -0.05) is 42.8 Å². The van der Waals surface area contributed by atoms with Crippen molar-refractivity contribution in [3.05, 3.63) is 80.9 Å². The predicted octanol–water partition coefficient (Wildman–Crippen LogP) is 6.23. The molecular formula is C23H20ClN3OS. The maximum atomic E-state index is 8.89. The molecule has 0 spiro atoms. The van der Waals surface area contributed by atoms with Gasteiger partial charge in [-0.25, -0.2) is 4.98 Å². The summed E-state index contributed by atoms with van der Waals surface area (Å²) < 4.78 is 9.43. The molecule has 0 radical (unpaired) electrons. The Labute approximate surface area is 177 Å². The van der Waals surface area contributed by atoms with Gasteiger partial charge in [0.15, 0.2) is 5.75 Å². The minimum Gasteiger partial charge on any atom is -0.437 e. The highest BCUT2D eigenvalue weighted by atomic mass is 35.5. The van der Waals surface area contributed by atoms with Gasteiger partial charge in [0, 0.05) is 21.7 Å². The fourth-order valence-corrected chi connectivity index (χ4v) is 5.47. The van der Waals surface area contributed by atoms with E-state index in [1.54, 1.807) is 17.7 Å². The molecule has 1 atom stereocenters. The van der Waals surface area contributed by atoms with Crippen LogP contribution >= 0.6 is 22.9 Å². The summed E-state index contributed by atoms with van der Waals surface area (Å²) >= 11 is 7.90. The molecule has 5 rings (SSSR count). The number of ether oxygens (including phenoxy) is 1. The van der Waals surface area contributed by atoms with Crippen molar-refractivity contribution >= 4 is 33.0 Å². The van der Waals surface area contributed by atoms with E-state index in [9.17, 15) is 0 Å². The first kappa shape index (κ1) is 18.4. The van der Waals surface area contributed by atoms with Gasteiger partial charge in [-0.2, -0.15) is 0 Å². The molecule has 2 aromatic carbocycles. The van der Waals surface area contributed by atoms with E-state index in [4.69, 9.17) is 21.7 Å². The number of hydrogen-bond acceptors (Lipinski definition) is 4. The van der Waals surface area contributed by atoms with Crippen LogP contribution in [0.2, 0.25) is 5.02 Å². The number of halogens is 1. The second-order valence-electron chi connectivity index (χ2n) is 7.34. The molecule has 0 amide bonds. The van der Waals surface area contributed by atoms with Gasteiger partial charge in [0.25, 0.3) is 0 Å². The molecule has 3 heterocycles. The van der Waals surface area contributed by atoms with Crippen molar-refractivity contribution in [1.82, 2.24) is 9.55 Å². The smallest absolute Gasteiger partial charge is 0.228 e. The molecule has 4 nitrogen and oxygen atoms in total. The van der Waals surface area contributed by atoms with Crippen LogP contribution in [-0.4, -0.2) is 9.55 Å². The van der Waals surface area contributed by atoms with Gasteiger partial charge in [-0.05, 0) is 42.7 Å². The highest BCUT2D eigenvalue weighted by molar-refractivity contribution is 7.19. The van der Waals surface area contributed by atoms with Gasteiger partial charge >= 0.3 is 0 Å². The number of thiophene rings is 1. The molecule has 2 aromatic heterocycles. The molecule has 1 aliphatic rings. The Bertz CT molecular complexity index is 1290. The third-order valence-electron chi connectivity index (χ3n) is 5.40. The van der Waals surface area contributed by atoms with Crippen LogP contribution in [0.4, 0.5) is 0 Å². The van der Waals surface area contributed by atoms with Crippen LogP contribution in [0.3, 0.4) is 0 Å². The van der Waals surface area contributed by atoms with Gasteiger partial charge in [0.05, 0.1) is 16.4 Å². The molecule has 1 unspecified atom stereocenters. The van der Waals surface area contributed by atoms with E-state index in [1.807, 2.05) is 28.8 Å². The van der Waals surface area contributed by atoms with E-state index >= 15 is 0 Å². The molecule has 0 aliphatic carbocycles. The first-order valence-electron chi connectivity index (χ1n) is 9.67. The Morgan fingerprint density at radius 2 is 2.00 bits per heavy atom. The molecule has 6 heteroatoms. The van der Waals surface area contributed by atoms with Gasteiger partial charge < -0.3 is 9.30 Å². The number of nitrogens with one attached hydrogen (secondary N) is 1. The van der Waals surface area contributed by atoms with Crippen molar-refractivity contribution in [2.45, 2.75) is 32.7 Å². The minimum absolute atomic E-state index is 0.105. The van der Waals surface area contributed by atoms with Crippen LogP contribution in [0.1, 0.15) is 40.8 Å². The molecule has 146 valence electrons. The summed E-state index contributed by atoms with van der Waals surface area (Å²) in [7, 11) is 0. The van der Waals surface area contributed by atoms with Crippen molar-refractivity contribution in [3.63, 3.8) is 0 Å². The Morgan fingerprint density at radius 1 is 1.21 bits per heavy atom. The summed E-state index contributed by atoms with van der Waals surface area (Å²) in [6.45, 7) is 4.98. The lowest BCUT2D eigenvalue weighted by molar-refractivity contribution is 0.429. The SMILES string of the molecule is CCCn1cnc2c(c1=N)C(c1ccc(Cl)cc1)c1sc3c(C)cccc3c1O2. The Balaban J connectivity index is 1.83. The number of rotatable bonds is 3. The third-order valence-corrected chi connectivity index (χ3v) is 7.04. The van der Waals surface area contributed by atoms with Crippen molar-refractivity contribution in [2.24, 2.45) is 0 Å². The van der Waals surface area contributed by atoms with Gasteiger partial charge in [-0.15, -0.1) is 11.3 Å². The highest BCUT2D eigenvalue weighted by Crippen LogP contribution is 2.52. The maximum Gasteiger partial charge on any atom is 0.228 e. The topological polar surface area (TPSA) is 50.9 Å². The van der Waals surface area contributed by atoms with Crippen LogP contribution in [0, 0.1) is 12.3 Å². The predicted molar refractivity (Wildman–Crippen MR) is 117 cm³/mol. The number of benzene rings is 2. The number of fused-ring (bicyclic) bond motifs is 4. The van der Waals surface area contributed by atoms with Crippen LogP contribution in [0.5, 0.6) is 11.6 Å². The van der Waals surface area contributed by atoms with Gasteiger partial charge in [-0.3, -0.25) is 5.41 Å². The minimum atomic E-state index is -0.105. The quantitative estimate of drug-likeness (QED) is 0.375. The van der Waals surface area contributed by atoms with Crippen molar-refractivity contribution in [1.29, 1.82) is 5.41 Å². The first-order valence-corrected chi connectivity index (χ1v) is 10.9. The molecule has 0 saturated heterocycles. The van der Waals surface area contributed by atoms with Crippen LogP contribution in [0.15, 0.2) is 48.8 Å².